The van der Waals surface area contributed by atoms with E-state index in [1.54, 1.807) is 15.6 Å². The van der Waals surface area contributed by atoms with Crippen LogP contribution in [0.15, 0.2) is 36.7 Å². The topological polar surface area (TPSA) is 64.7 Å². The molecule has 26 heavy (non-hydrogen) atoms. The molecule has 0 atom stereocenters. The van der Waals surface area contributed by atoms with Gasteiger partial charge in [0.1, 0.15) is 0 Å². The van der Waals surface area contributed by atoms with E-state index < -0.39 is 0 Å². The highest BCUT2D eigenvalue weighted by Gasteiger charge is 2.11. The second-order valence-corrected chi connectivity index (χ2v) is 6.80. The van der Waals surface area contributed by atoms with Gasteiger partial charge in [0.2, 0.25) is 5.91 Å². The minimum absolute atomic E-state index is 0.0800. The van der Waals surface area contributed by atoms with Gasteiger partial charge in [0, 0.05) is 12.6 Å². The lowest BCUT2D eigenvalue weighted by molar-refractivity contribution is -0.116. The average molecular weight is 372 g/mol. The van der Waals surface area contributed by atoms with Crippen molar-refractivity contribution in [1.82, 2.24) is 19.6 Å². The maximum Gasteiger partial charge on any atom is 0.226 e. The van der Waals surface area contributed by atoms with Crippen molar-refractivity contribution >= 4 is 23.2 Å². The molecule has 0 saturated heterocycles. The second-order valence-electron chi connectivity index (χ2n) is 6.42. The largest absolute Gasteiger partial charge is 0.323 e. The summed E-state index contributed by atoms with van der Waals surface area (Å²) < 4.78 is 3.57. The standard InChI is InChI=1S/C19H22ClN5O/c1-13-4-6-16(7-5-13)11-24-12-17(10-21-24)22-18(26)8-9-25-15(3)19(20)14(2)23-25/h4-7,10,12H,8-9,11H2,1-3H3,(H,22,26). The van der Waals surface area contributed by atoms with E-state index in [1.165, 1.54) is 5.56 Å². The summed E-state index contributed by atoms with van der Waals surface area (Å²) in [6.45, 7) is 6.97. The second kappa shape index (κ2) is 7.74. The van der Waals surface area contributed by atoms with Gasteiger partial charge in [0.05, 0.1) is 41.4 Å². The van der Waals surface area contributed by atoms with Gasteiger partial charge < -0.3 is 5.32 Å². The number of carbonyl (C=O) groups is 1. The van der Waals surface area contributed by atoms with Gasteiger partial charge in [-0.1, -0.05) is 41.4 Å². The Balaban J connectivity index is 1.54. The van der Waals surface area contributed by atoms with Crippen molar-refractivity contribution in [2.75, 3.05) is 5.32 Å². The Bertz CT molecular complexity index is 911. The van der Waals surface area contributed by atoms with Crippen LogP contribution in [0.25, 0.3) is 0 Å². The Morgan fingerprint density at radius 1 is 1.19 bits per heavy atom. The molecule has 0 saturated carbocycles. The van der Waals surface area contributed by atoms with Crippen LogP contribution in [0.4, 0.5) is 5.69 Å². The summed E-state index contributed by atoms with van der Waals surface area (Å²) in [7, 11) is 0. The summed E-state index contributed by atoms with van der Waals surface area (Å²) in [5.41, 5.74) is 4.74. The van der Waals surface area contributed by atoms with E-state index in [2.05, 4.69) is 46.7 Å². The van der Waals surface area contributed by atoms with Crippen molar-refractivity contribution in [3.05, 3.63) is 64.2 Å². The van der Waals surface area contributed by atoms with Gasteiger partial charge in [0.25, 0.3) is 0 Å². The van der Waals surface area contributed by atoms with Crippen molar-refractivity contribution in [3.8, 4) is 0 Å². The fourth-order valence-electron chi connectivity index (χ4n) is 2.72. The Morgan fingerprint density at radius 2 is 1.92 bits per heavy atom. The summed E-state index contributed by atoms with van der Waals surface area (Å²) in [5, 5.41) is 12.2. The van der Waals surface area contributed by atoms with Crippen LogP contribution in [0.3, 0.4) is 0 Å². The zero-order valence-electron chi connectivity index (χ0n) is 15.2. The van der Waals surface area contributed by atoms with Gasteiger partial charge in [-0.05, 0) is 26.3 Å². The number of anilines is 1. The molecule has 1 amide bonds. The number of amides is 1. The molecule has 3 rings (SSSR count). The molecule has 2 heterocycles. The Morgan fingerprint density at radius 3 is 2.58 bits per heavy atom. The summed E-state index contributed by atoms with van der Waals surface area (Å²) in [6, 6.07) is 8.31. The molecule has 0 aliphatic rings. The average Bonchev–Trinajstić information content (AvgIpc) is 3.15. The van der Waals surface area contributed by atoms with Gasteiger partial charge in [-0.2, -0.15) is 10.2 Å². The van der Waals surface area contributed by atoms with Crippen molar-refractivity contribution in [3.63, 3.8) is 0 Å². The van der Waals surface area contributed by atoms with Crippen molar-refractivity contribution < 1.29 is 4.79 Å². The molecule has 2 aromatic heterocycles. The predicted molar refractivity (Wildman–Crippen MR) is 102 cm³/mol. The van der Waals surface area contributed by atoms with Crippen LogP contribution in [0, 0.1) is 20.8 Å². The number of halogens is 1. The molecule has 0 fully saturated rings. The Labute approximate surface area is 157 Å². The Hall–Kier alpha value is -2.60. The minimum atomic E-state index is -0.0800. The summed E-state index contributed by atoms with van der Waals surface area (Å²) >= 11 is 6.13. The van der Waals surface area contributed by atoms with Crippen LogP contribution in [-0.2, 0) is 17.9 Å². The molecule has 3 aromatic rings. The van der Waals surface area contributed by atoms with E-state index in [4.69, 9.17) is 11.6 Å². The number of nitrogens with zero attached hydrogens (tertiary/aromatic N) is 4. The van der Waals surface area contributed by atoms with Crippen LogP contribution in [0.5, 0.6) is 0 Å². The number of hydrogen-bond donors (Lipinski definition) is 1. The SMILES string of the molecule is Cc1ccc(Cn2cc(NC(=O)CCn3nc(C)c(Cl)c3C)cn2)cc1. The van der Waals surface area contributed by atoms with E-state index in [-0.39, 0.29) is 5.91 Å². The van der Waals surface area contributed by atoms with Gasteiger partial charge in [-0.25, -0.2) is 0 Å². The van der Waals surface area contributed by atoms with Crippen LogP contribution in [0.2, 0.25) is 5.02 Å². The molecule has 6 nitrogen and oxygen atoms in total. The zero-order valence-corrected chi connectivity index (χ0v) is 15.9. The first kappa shape index (κ1) is 18.2. The molecule has 0 spiro atoms. The maximum absolute atomic E-state index is 12.2. The minimum Gasteiger partial charge on any atom is -0.323 e. The number of aromatic nitrogens is 4. The molecule has 0 aliphatic carbocycles. The smallest absolute Gasteiger partial charge is 0.226 e. The predicted octanol–water partition coefficient (Wildman–Crippen LogP) is 3.74. The van der Waals surface area contributed by atoms with Crippen molar-refractivity contribution in [1.29, 1.82) is 0 Å². The number of nitrogens with one attached hydrogen (secondary N) is 1. The van der Waals surface area contributed by atoms with Crippen molar-refractivity contribution in [2.24, 2.45) is 0 Å². The van der Waals surface area contributed by atoms with E-state index in [9.17, 15) is 4.79 Å². The lowest BCUT2D eigenvalue weighted by atomic mass is 10.1. The van der Waals surface area contributed by atoms with E-state index in [0.717, 1.165) is 17.0 Å². The van der Waals surface area contributed by atoms with Gasteiger partial charge in [-0.15, -0.1) is 0 Å². The molecule has 1 N–H and O–H groups in total. The van der Waals surface area contributed by atoms with Crippen molar-refractivity contribution in [2.45, 2.75) is 40.3 Å². The van der Waals surface area contributed by atoms with Gasteiger partial charge in [-0.3, -0.25) is 14.2 Å². The molecular formula is C19H22ClN5O. The summed E-state index contributed by atoms with van der Waals surface area (Å²) in [6.07, 6.45) is 3.81. The third-order valence-corrected chi connectivity index (χ3v) is 4.77. The van der Waals surface area contributed by atoms with Crippen LogP contribution < -0.4 is 5.32 Å². The first-order chi connectivity index (χ1) is 12.4. The molecular weight excluding hydrogens is 350 g/mol. The lowest BCUT2D eigenvalue weighted by Gasteiger charge is -2.05. The lowest BCUT2D eigenvalue weighted by Crippen LogP contribution is -2.15. The summed E-state index contributed by atoms with van der Waals surface area (Å²) in [4.78, 5) is 12.2. The molecule has 0 radical (unpaired) electrons. The van der Waals surface area contributed by atoms with Gasteiger partial charge in [0.15, 0.2) is 0 Å². The highest BCUT2D eigenvalue weighted by atomic mass is 35.5. The first-order valence-corrected chi connectivity index (χ1v) is 8.87. The molecule has 0 aliphatic heterocycles. The fraction of sp³-hybridized carbons (Fsp3) is 0.316. The fourth-order valence-corrected chi connectivity index (χ4v) is 2.85. The normalized spacial score (nSPS) is 10.9. The van der Waals surface area contributed by atoms with Crippen LogP contribution >= 0.6 is 11.6 Å². The third-order valence-electron chi connectivity index (χ3n) is 4.23. The quantitative estimate of drug-likeness (QED) is 0.717. The van der Waals surface area contributed by atoms with Gasteiger partial charge >= 0.3 is 0 Å². The number of carbonyl (C=O) groups excluding carboxylic acids is 1. The number of rotatable bonds is 6. The molecule has 136 valence electrons. The molecule has 0 unspecified atom stereocenters. The highest BCUT2D eigenvalue weighted by molar-refractivity contribution is 6.31. The molecule has 0 bridgehead atoms. The zero-order chi connectivity index (χ0) is 18.7. The van der Waals surface area contributed by atoms with Crippen LogP contribution in [0.1, 0.15) is 28.9 Å². The first-order valence-electron chi connectivity index (χ1n) is 8.49. The number of hydrogen-bond acceptors (Lipinski definition) is 3. The number of benzene rings is 1. The highest BCUT2D eigenvalue weighted by Crippen LogP contribution is 2.19. The monoisotopic (exact) mass is 371 g/mol. The number of aryl methyl sites for hydroxylation is 3. The summed E-state index contributed by atoms with van der Waals surface area (Å²) in [5.74, 6) is -0.0800. The van der Waals surface area contributed by atoms with E-state index in [0.29, 0.717) is 30.2 Å². The van der Waals surface area contributed by atoms with E-state index in [1.807, 2.05) is 20.0 Å². The molecule has 7 heteroatoms. The Kier molecular flexibility index (Phi) is 5.42. The van der Waals surface area contributed by atoms with E-state index >= 15 is 0 Å². The third kappa shape index (κ3) is 4.32. The molecule has 1 aromatic carbocycles. The van der Waals surface area contributed by atoms with Crippen LogP contribution in [-0.4, -0.2) is 25.5 Å². The maximum atomic E-state index is 12.2.